The van der Waals surface area contributed by atoms with Crippen LogP contribution in [0.2, 0.25) is 0 Å². The first-order valence-electron chi connectivity index (χ1n) is 7.61. The van der Waals surface area contributed by atoms with Crippen molar-refractivity contribution in [2.75, 3.05) is 39.3 Å². The van der Waals surface area contributed by atoms with Gasteiger partial charge in [0, 0.05) is 0 Å². The van der Waals surface area contributed by atoms with Gasteiger partial charge in [0.2, 0.25) is 10.0 Å². The smallest absolute Gasteiger partial charge is 0.342 e. The van der Waals surface area contributed by atoms with E-state index < -0.39 is 45.2 Å². The fraction of sp³-hybridized carbons (Fsp3) is 0.500. The van der Waals surface area contributed by atoms with Crippen molar-refractivity contribution >= 4 is 15.9 Å². The Kier molecular flexibility index (Phi) is 6.19. The summed E-state index contributed by atoms with van der Waals surface area (Å²) in [6, 6.07) is 2.11. The minimum Gasteiger partial charge on any atom is -0.342 e. The predicted molar refractivity (Wildman–Crippen MR) is 79.7 cm³/mol. The second-order valence-electron chi connectivity index (χ2n) is 5.80. The SMILES string of the molecule is O=C(C[NH+]1CCN(S(=O)(=O)c2cc(F)ccc2F)CC1)NCC(F)(F)F. The van der Waals surface area contributed by atoms with E-state index in [-0.39, 0.29) is 32.7 Å². The average molecular weight is 402 g/mol. The van der Waals surface area contributed by atoms with E-state index in [1.54, 1.807) is 5.32 Å². The van der Waals surface area contributed by atoms with Crippen LogP contribution in [0.5, 0.6) is 0 Å². The van der Waals surface area contributed by atoms with Crippen LogP contribution in [-0.4, -0.2) is 64.1 Å². The molecule has 1 amide bonds. The number of rotatable bonds is 5. The van der Waals surface area contributed by atoms with Crippen LogP contribution in [0.25, 0.3) is 0 Å². The van der Waals surface area contributed by atoms with E-state index in [2.05, 4.69) is 0 Å². The van der Waals surface area contributed by atoms with Gasteiger partial charge in [-0.3, -0.25) is 4.79 Å². The van der Waals surface area contributed by atoms with E-state index in [4.69, 9.17) is 0 Å². The third kappa shape index (κ3) is 5.35. The molecule has 26 heavy (non-hydrogen) atoms. The predicted octanol–water partition coefficient (Wildman–Crippen LogP) is -0.468. The molecule has 1 heterocycles. The fourth-order valence-corrected chi connectivity index (χ4v) is 4.04. The second kappa shape index (κ2) is 7.84. The van der Waals surface area contributed by atoms with Gasteiger partial charge in [-0.25, -0.2) is 17.2 Å². The van der Waals surface area contributed by atoms with Gasteiger partial charge < -0.3 is 10.2 Å². The van der Waals surface area contributed by atoms with Crippen molar-refractivity contribution in [3.8, 4) is 0 Å². The highest BCUT2D eigenvalue weighted by Gasteiger charge is 2.34. The lowest BCUT2D eigenvalue weighted by Crippen LogP contribution is -3.15. The van der Waals surface area contributed by atoms with Crippen LogP contribution in [0, 0.1) is 11.6 Å². The second-order valence-corrected chi connectivity index (χ2v) is 7.70. The summed E-state index contributed by atoms with van der Waals surface area (Å²) < 4.78 is 88.9. The zero-order valence-electron chi connectivity index (χ0n) is 13.4. The molecule has 1 fully saturated rings. The number of hydrogen-bond donors (Lipinski definition) is 2. The van der Waals surface area contributed by atoms with Crippen LogP contribution >= 0.6 is 0 Å². The normalized spacial score (nSPS) is 17.3. The molecule has 2 rings (SSSR count). The zero-order valence-corrected chi connectivity index (χ0v) is 14.3. The first kappa shape index (κ1) is 20.5. The van der Waals surface area contributed by atoms with E-state index in [0.717, 1.165) is 10.4 Å². The zero-order chi connectivity index (χ0) is 19.5. The molecule has 1 aliphatic rings. The first-order chi connectivity index (χ1) is 12.0. The lowest BCUT2D eigenvalue weighted by atomic mass is 10.3. The summed E-state index contributed by atoms with van der Waals surface area (Å²) in [6.07, 6.45) is -4.51. The van der Waals surface area contributed by atoms with Crippen LogP contribution < -0.4 is 10.2 Å². The van der Waals surface area contributed by atoms with Gasteiger partial charge >= 0.3 is 6.18 Å². The maximum atomic E-state index is 13.7. The highest BCUT2D eigenvalue weighted by Crippen LogP contribution is 2.20. The maximum Gasteiger partial charge on any atom is 0.405 e. The monoisotopic (exact) mass is 402 g/mol. The number of nitrogens with one attached hydrogen (secondary N) is 2. The number of amides is 1. The summed E-state index contributed by atoms with van der Waals surface area (Å²) in [6.45, 7) is -1.51. The Balaban J connectivity index is 1.93. The number of quaternary nitrogens is 1. The van der Waals surface area contributed by atoms with Crippen molar-refractivity contribution in [1.82, 2.24) is 9.62 Å². The molecule has 0 bridgehead atoms. The highest BCUT2D eigenvalue weighted by molar-refractivity contribution is 7.89. The van der Waals surface area contributed by atoms with Gasteiger partial charge in [-0.1, -0.05) is 0 Å². The van der Waals surface area contributed by atoms with Crippen LogP contribution in [-0.2, 0) is 14.8 Å². The number of hydrogen-bond acceptors (Lipinski definition) is 3. The average Bonchev–Trinajstić information content (AvgIpc) is 2.55. The topological polar surface area (TPSA) is 70.9 Å². The molecule has 0 saturated carbocycles. The maximum absolute atomic E-state index is 13.7. The summed E-state index contributed by atoms with van der Waals surface area (Å²) in [5.41, 5.74) is 0. The number of benzene rings is 1. The summed E-state index contributed by atoms with van der Waals surface area (Å²) in [5, 5.41) is 1.74. The Morgan fingerprint density at radius 1 is 1.19 bits per heavy atom. The fourth-order valence-electron chi connectivity index (χ4n) is 2.52. The number of halogens is 5. The summed E-state index contributed by atoms with van der Waals surface area (Å²) in [7, 11) is -4.24. The largest absolute Gasteiger partial charge is 0.405 e. The van der Waals surface area contributed by atoms with E-state index in [1.165, 1.54) is 0 Å². The van der Waals surface area contributed by atoms with Gasteiger partial charge in [0.05, 0.1) is 26.2 Å². The third-order valence-corrected chi connectivity index (χ3v) is 5.75. The van der Waals surface area contributed by atoms with Crippen molar-refractivity contribution in [3.05, 3.63) is 29.8 Å². The molecular weight excluding hydrogens is 385 g/mol. The van der Waals surface area contributed by atoms with E-state index >= 15 is 0 Å². The molecule has 0 atom stereocenters. The Morgan fingerprint density at radius 3 is 2.38 bits per heavy atom. The van der Waals surface area contributed by atoms with Crippen molar-refractivity contribution in [2.24, 2.45) is 0 Å². The van der Waals surface area contributed by atoms with Crippen molar-refractivity contribution in [2.45, 2.75) is 11.1 Å². The van der Waals surface area contributed by atoms with Gasteiger partial charge in [-0.2, -0.15) is 17.5 Å². The third-order valence-electron chi connectivity index (χ3n) is 3.84. The summed E-state index contributed by atoms with van der Waals surface area (Å²) >= 11 is 0. The molecule has 1 aromatic rings. The molecule has 1 aliphatic heterocycles. The molecule has 0 aromatic heterocycles. The van der Waals surface area contributed by atoms with Gasteiger partial charge in [0.25, 0.3) is 5.91 Å². The molecule has 12 heteroatoms. The molecular formula is C14H17F5N3O3S+. The Bertz CT molecular complexity index is 762. The van der Waals surface area contributed by atoms with E-state index in [9.17, 15) is 35.2 Å². The molecule has 6 nitrogen and oxygen atoms in total. The number of nitrogens with zero attached hydrogens (tertiary/aromatic N) is 1. The minimum absolute atomic E-state index is 0.0693. The van der Waals surface area contributed by atoms with Crippen LogP contribution in [0.3, 0.4) is 0 Å². The van der Waals surface area contributed by atoms with Gasteiger partial charge in [0.15, 0.2) is 6.54 Å². The van der Waals surface area contributed by atoms with Gasteiger partial charge in [-0.05, 0) is 18.2 Å². The van der Waals surface area contributed by atoms with Crippen molar-refractivity contribution < 1.29 is 40.1 Å². The molecule has 0 aliphatic carbocycles. The number of carbonyl (C=O) groups is 1. The quantitative estimate of drug-likeness (QED) is 0.655. The number of sulfonamides is 1. The summed E-state index contributed by atoms with van der Waals surface area (Å²) in [5.74, 6) is -2.77. The standard InChI is InChI=1S/C14H16F5N3O3S/c15-10-1-2-11(16)12(7-10)26(24,25)22-5-3-21(4-6-22)8-13(23)20-9-14(17,18)19/h1-2,7H,3-6,8-9H2,(H,20,23)/p+1. The Hall–Kier alpha value is -1.79. The molecule has 0 radical (unpaired) electrons. The lowest BCUT2D eigenvalue weighted by molar-refractivity contribution is -0.895. The lowest BCUT2D eigenvalue weighted by Gasteiger charge is -2.31. The molecule has 0 spiro atoms. The Morgan fingerprint density at radius 2 is 1.81 bits per heavy atom. The van der Waals surface area contributed by atoms with Crippen molar-refractivity contribution in [1.29, 1.82) is 0 Å². The Labute approximate surface area is 146 Å². The first-order valence-corrected chi connectivity index (χ1v) is 9.05. The minimum atomic E-state index is -4.51. The molecule has 1 saturated heterocycles. The van der Waals surface area contributed by atoms with E-state index in [0.29, 0.717) is 17.0 Å². The van der Waals surface area contributed by atoms with Gasteiger partial charge in [0.1, 0.15) is 23.1 Å². The summed E-state index contributed by atoms with van der Waals surface area (Å²) in [4.78, 5) is 11.3. The van der Waals surface area contributed by atoms with Crippen LogP contribution in [0.1, 0.15) is 0 Å². The molecule has 1 aromatic carbocycles. The highest BCUT2D eigenvalue weighted by atomic mass is 32.2. The van der Waals surface area contributed by atoms with Crippen molar-refractivity contribution in [3.63, 3.8) is 0 Å². The molecule has 2 N–H and O–H groups in total. The molecule has 0 unspecified atom stereocenters. The number of alkyl halides is 3. The van der Waals surface area contributed by atoms with Crippen LogP contribution in [0.4, 0.5) is 22.0 Å². The number of piperazine rings is 1. The van der Waals surface area contributed by atoms with Crippen LogP contribution in [0.15, 0.2) is 23.1 Å². The molecule has 146 valence electrons. The van der Waals surface area contributed by atoms with Gasteiger partial charge in [-0.15, -0.1) is 0 Å². The van der Waals surface area contributed by atoms with E-state index in [1.807, 2.05) is 0 Å². The number of carbonyl (C=O) groups excluding carboxylic acids is 1.